The van der Waals surface area contributed by atoms with E-state index in [1.54, 1.807) is 0 Å². The number of aliphatic carboxylic acids is 3. The van der Waals surface area contributed by atoms with Crippen molar-refractivity contribution in [3.05, 3.63) is 0 Å². The quantitative estimate of drug-likeness (QED) is 0.248. The van der Waals surface area contributed by atoms with Crippen molar-refractivity contribution in [3.63, 3.8) is 0 Å². The molecule has 0 aromatic heterocycles. The number of carboxylic acids is 3. The molecule has 2 bridgehead atoms. The minimum atomic E-state index is -0.844. The van der Waals surface area contributed by atoms with Crippen LogP contribution in [0.4, 0.5) is 0 Å². The van der Waals surface area contributed by atoms with E-state index in [2.05, 4.69) is 0 Å². The monoisotopic (exact) mass is 618 g/mol. The Morgan fingerprint density at radius 1 is 0.682 bits per heavy atom. The number of fused-ring (bicyclic) bond motifs is 5. The third kappa shape index (κ3) is 6.69. The van der Waals surface area contributed by atoms with Crippen LogP contribution in [0.3, 0.4) is 0 Å². The molecule has 5 heterocycles. The molecule has 0 spiro atoms. The summed E-state index contributed by atoms with van der Waals surface area (Å²) in [6.07, 6.45) is 18.0. The largest absolute Gasteiger partial charge is 0.481 e. The average molecular weight is 619 g/mol. The Morgan fingerprint density at radius 3 is 1.80 bits per heavy atom. The summed E-state index contributed by atoms with van der Waals surface area (Å²) in [6, 6.07) is 0. The molecule has 9 rings (SSSR count). The van der Waals surface area contributed by atoms with Crippen molar-refractivity contribution in [1.29, 1.82) is 0 Å². The van der Waals surface area contributed by atoms with Crippen LogP contribution in [0.25, 0.3) is 0 Å². The summed E-state index contributed by atoms with van der Waals surface area (Å²) in [5.74, 6) is -0.968. The van der Waals surface area contributed by atoms with Gasteiger partial charge in [-0.3, -0.25) is 14.4 Å². The molecule has 4 aliphatic carbocycles. The van der Waals surface area contributed by atoms with Gasteiger partial charge >= 0.3 is 17.9 Å². The Morgan fingerprint density at radius 2 is 1.30 bits per heavy atom. The molecule has 0 radical (unpaired) electrons. The number of ether oxygens (including phenoxy) is 4. The van der Waals surface area contributed by atoms with Crippen LogP contribution in [0, 0.1) is 28.6 Å². The first-order chi connectivity index (χ1) is 21.1. The van der Waals surface area contributed by atoms with E-state index >= 15 is 0 Å². The lowest BCUT2D eigenvalue weighted by Crippen LogP contribution is -2.50. The second kappa shape index (κ2) is 12.1. The maximum Gasteiger partial charge on any atom is 0.309 e. The van der Waals surface area contributed by atoms with E-state index in [1.807, 2.05) is 0 Å². The van der Waals surface area contributed by atoms with Gasteiger partial charge in [0.2, 0.25) is 0 Å². The minimum absolute atomic E-state index is 0.0476. The molecule has 5 aliphatic heterocycles. The van der Waals surface area contributed by atoms with E-state index in [4.69, 9.17) is 24.1 Å². The second-order valence-corrected chi connectivity index (χ2v) is 15.6. The van der Waals surface area contributed by atoms with Crippen molar-refractivity contribution < 1.29 is 48.7 Å². The van der Waals surface area contributed by atoms with E-state index in [-0.39, 0.29) is 12.5 Å². The lowest BCUT2D eigenvalue weighted by Gasteiger charge is -2.49. The highest BCUT2D eigenvalue weighted by molar-refractivity contribution is 5.75. The van der Waals surface area contributed by atoms with Gasteiger partial charge < -0.3 is 34.3 Å². The zero-order valence-corrected chi connectivity index (χ0v) is 25.8. The van der Waals surface area contributed by atoms with E-state index in [1.165, 1.54) is 0 Å². The molecule has 10 nitrogen and oxygen atoms in total. The third-order valence-corrected chi connectivity index (χ3v) is 12.6. The summed E-state index contributed by atoms with van der Waals surface area (Å²) in [4.78, 5) is 35.1. The normalized spacial score (nSPS) is 45.4. The van der Waals surface area contributed by atoms with Gasteiger partial charge in [0.25, 0.3) is 0 Å². The highest BCUT2D eigenvalue weighted by Crippen LogP contribution is 2.53. The molecule has 9 fully saturated rings. The Balaban J connectivity index is 0.000000151. The molecule has 0 aromatic carbocycles. The van der Waals surface area contributed by atoms with E-state index in [0.717, 1.165) is 83.5 Å². The standard InChI is InChI=1S/C20H30O6.C14H20O4/c21-18(22)2-1-7-20(19(23)24,10-12-3-5-14-16(8-12)25-14)11-13-4-6-15-17(9-13)26-15;15-13(16)14(4-3-10-12(7-14)18-10)6-8-1-2-9-5-11(8)17-9/h12-17H,1-11H2,(H,21,22)(H,23,24);8-12H,1-7H2,(H,15,16). The van der Waals surface area contributed by atoms with Gasteiger partial charge in [0.15, 0.2) is 0 Å². The average Bonchev–Trinajstić information content (AvgIpc) is 3.85. The molecule has 0 amide bonds. The van der Waals surface area contributed by atoms with Gasteiger partial charge in [-0.25, -0.2) is 0 Å². The first-order valence-corrected chi connectivity index (χ1v) is 17.4. The summed E-state index contributed by atoms with van der Waals surface area (Å²) in [7, 11) is 0. The first kappa shape index (κ1) is 30.9. The SMILES string of the molecule is O=C(O)C1(CC2CCC3CC2O3)CCC2OC2C1.O=C(O)CCCC(CC1CCC2OC2C1)(CC1CCC2OC2C1)C(=O)O. The van der Waals surface area contributed by atoms with Crippen LogP contribution in [0.5, 0.6) is 0 Å². The van der Waals surface area contributed by atoms with Gasteiger partial charge in [-0.05, 0) is 120 Å². The highest BCUT2D eigenvalue weighted by Gasteiger charge is 2.56. The lowest BCUT2D eigenvalue weighted by molar-refractivity contribution is -0.195. The summed E-state index contributed by atoms with van der Waals surface area (Å²) in [6.45, 7) is 0. The topological polar surface area (TPSA) is 159 Å². The number of hydrogen-bond donors (Lipinski definition) is 3. The lowest BCUT2D eigenvalue weighted by atomic mass is 9.65. The zero-order chi connectivity index (χ0) is 30.6. The maximum absolute atomic E-state index is 12.4. The van der Waals surface area contributed by atoms with Crippen LogP contribution in [0.2, 0.25) is 0 Å². The molecule has 3 N–H and O–H groups in total. The fraction of sp³-hybridized carbons (Fsp3) is 0.912. The number of carboxylic acid groups (broad SMARTS) is 3. The van der Waals surface area contributed by atoms with Crippen molar-refractivity contribution in [2.75, 3.05) is 0 Å². The van der Waals surface area contributed by atoms with Crippen LogP contribution in [0.1, 0.15) is 116 Å². The molecule has 5 saturated heterocycles. The second-order valence-electron chi connectivity index (χ2n) is 15.6. The Labute approximate surface area is 259 Å². The van der Waals surface area contributed by atoms with E-state index < -0.39 is 28.7 Å². The van der Waals surface area contributed by atoms with Crippen molar-refractivity contribution >= 4 is 17.9 Å². The predicted octanol–water partition coefficient (Wildman–Crippen LogP) is 5.19. The number of hydrogen-bond acceptors (Lipinski definition) is 7. The molecule has 246 valence electrons. The Bertz CT molecular complexity index is 1070. The number of carbonyl (C=O) groups is 3. The van der Waals surface area contributed by atoms with Crippen LogP contribution in [-0.4, -0.2) is 82.1 Å². The fourth-order valence-corrected chi connectivity index (χ4v) is 9.89. The van der Waals surface area contributed by atoms with Crippen molar-refractivity contribution in [2.24, 2.45) is 28.6 Å². The summed E-state index contributed by atoms with van der Waals surface area (Å²) < 4.78 is 22.5. The van der Waals surface area contributed by atoms with Gasteiger partial charge in [0.1, 0.15) is 0 Å². The van der Waals surface area contributed by atoms with Gasteiger partial charge in [-0.15, -0.1) is 0 Å². The summed E-state index contributed by atoms with van der Waals surface area (Å²) in [5, 5.41) is 28.8. The molecular weight excluding hydrogens is 568 g/mol. The minimum Gasteiger partial charge on any atom is -0.481 e. The van der Waals surface area contributed by atoms with Gasteiger partial charge in [-0.1, -0.05) is 0 Å². The molecule has 9 aliphatic rings. The number of rotatable bonds is 12. The molecular formula is C34H50O10. The van der Waals surface area contributed by atoms with Crippen LogP contribution in [-0.2, 0) is 33.3 Å². The van der Waals surface area contributed by atoms with Crippen LogP contribution < -0.4 is 0 Å². The summed E-state index contributed by atoms with van der Waals surface area (Å²) >= 11 is 0. The molecule has 4 saturated carbocycles. The van der Waals surface area contributed by atoms with Crippen molar-refractivity contribution in [2.45, 2.75) is 164 Å². The molecule has 12 unspecified atom stereocenters. The third-order valence-electron chi connectivity index (χ3n) is 12.6. The number of epoxide rings is 3. The Kier molecular flexibility index (Phi) is 8.51. The van der Waals surface area contributed by atoms with Gasteiger partial charge in [-0.2, -0.15) is 0 Å². The predicted molar refractivity (Wildman–Crippen MR) is 156 cm³/mol. The van der Waals surface area contributed by atoms with Crippen molar-refractivity contribution in [3.8, 4) is 0 Å². The van der Waals surface area contributed by atoms with Crippen LogP contribution in [0.15, 0.2) is 0 Å². The van der Waals surface area contributed by atoms with E-state index in [9.17, 15) is 24.6 Å². The fourth-order valence-electron chi connectivity index (χ4n) is 9.89. The molecule has 44 heavy (non-hydrogen) atoms. The van der Waals surface area contributed by atoms with Crippen LogP contribution >= 0.6 is 0 Å². The highest BCUT2D eigenvalue weighted by atomic mass is 16.6. The Hall–Kier alpha value is -1.75. The van der Waals surface area contributed by atoms with Crippen molar-refractivity contribution in [1.82, 2.24) is 0 Å². The first-order valence-electron chi connectivity index (χ1n) is 17.4. The molecule has 12 atom stereocenters. The van der Waals surface area contributed by atoms with Gasteiger partial charge in [0, 0.05) is 12.8 Å². The smallest absolute Gasteiger partial charge is 0.309 e. The van der Waals surface area contributed by atoms with Gasteiger partial charge in [0.05, 0.1) is 59.7 Å². The molecule has 0 aromatic rings. The molecule has 10 heteroatoms. The van der Waals surface area contributed by atoms with E-state index in [0.29, 0.717) is 86.2 Å². The summed E-state index contributed by atoms with van der Waals surface area (Å²) in [5.41, 5.74) is -1.33. The zero-order valence-electron chi connectivity index (χ0n) is 25.8. The maximum atomic E-state index is 12.4.